The van der Waals surface area contributed by atoms with Crippen LogP contribution in [0.3, 0.4) is 0 Å². The molecule has 1 heterocycles. The quantitative estimate of drug-likeness (QED) is 0.374. The first-order chi connectivity index (χ1) is 5.29. The molecule has 0 amide bonds. The van der Waals surface area contributed by atoms with Crippen LogP contribution in [0.4, 0.5) is 0 Å². The Labute approximate surface area is 63.3 Å². The molecule has 0 saturated carbocycles. The molecule has 1 unspecified atom stereocenters. The van der Waals surface area contributed by atoms with E-state index in [0.29, 0.717) is 12.2 Å². The average Bonchev–Trinajstić information content (AvgIpc) is 2.30. The molecule has 0 N–H and O–H groups in total. The lowest BCUT2D eigenvalue weighted by Crippen LogP contribution is -2.13. The minimum atomic E-state index is -0.718. The van der Waals surface area contributed by atoms with Crippen LogP contribution in [-0.2, 0) is 14.3 Å². The molecular weight excluding hydrogens is 144 g/mol. The van der Waals surface area contributed by atoms with Crippen molar-refractivity contribution >= 4 is 11.8 Å². The van der Waals surface area contributed by atoms with Crippen LogP contribution in [-0.4, -0.2) is 11.8 Å². The lowest BCUT2D eigenvalue weighted by molar-refractivity contribution is -0.146. The Bertz CT molecular complexity index is 286. The summed E-state index contributed by atoms with van der Waals surface area (Å²) < 4.78 is 4.70. The second kappa shape index (κ2) is 2.05. The molecule has 0 spiro atoms. The SMILES string of the molecule is O=C1OC2=CC=CCC2C1=O. The molecule has 0 bridgehead atoms. The van der Waals surface area contributed by atoms with Crippen LogP contribution in [0, 0.1) is 5.92 Å². The van der Waals surface area contributed by atoms with Crippen LogP contribution in [0.25, 0.3) is 0 Å². The van der Waals surface area contributed by atoms with Crippen LogP contribution in [0.2, 0.25) is 0 Å². The number of allylic oxidation sites excluding steroid dienone is 4. The number of ether oxygens (including phenoxy) is 1. The van der Waals surface area contributed by atoms with Gasteiger partial charge in [0.2, 0.25) is 0 Å². The first-order valence-corrected chi connectivity index (χ1v) is 3.42. The van der Waals surface area contributed by atoms with Gasteiger partial charge in [0.25, 0.3) is 5.78 Å². The van der Waals surface area contributed by atoms with Gasteiger partial charge in [-0.25, -0.2) is 4.79 Å². The van der Waals surface area contributed by atoms with E-state index in [2.05, 4.69) is 0 Å². The normalized spacial score (nSPS) is 28.0. The van der Waals surface area contributed by atoms with Gasteiger partial charge >= 0.3 is 5.97 Å². The summed E-state index contributed by atoms with van der Waals surface area (Å²) in [5.41, 5.74) is 0. The van der Waals surface area contributed by atoms with Crippen LogP contribution in [0.1, 0.15) is 6.42 Å². The standard InChI is InChI=1S/C8H6O3/c9-7-5-3-1-2-4-6(5)11-8(7)10/h1-2,4-5H,3H2. The molecule has 11 heavy (non-hydrogen) atoms. The Morgan fingerprint density at radius 1 is 1.45 bits per heavy atom. The Hall–Kier alpha value is -1.38. The second-order valence-electron chi connectivity index (χ2n) is 2.54. The molecule has 0 aromatic rings. The van der Waals surface area contributed by atoms with Crippen molar-refractivity contribution in [1.29, 1.82) is 0 Å². The number of hydrogen-bond acceptors (Lipinski definition) is 3. The Morgan fingerprint density at radius 3 is 3.00 bits per heavy atom. The van der Waals surface area contributed by atoms with E-state index in [1.165, 1.54) is 0 Å². The summed E-state index contributed by atoms with van der Waals surface area (Å²) in [7, 11) is 0. The zero-order valence-corrected chi connectivity index (χ0v) is 5.74. The minimum Gasteiger partial charge on any atom is -0.425 e. The van der Waals surface area contributed by atoms with Gasteiger partial charge < -0.3 is 4.74 Å². The summed E-state index contributed by atoms with van der Waals surface area (Å²) in [6.45, 7) is 0. The van der Waals surface area contributed by atoms with Crippen molar-refractivity contribution in [1.82, 2.24) is 0 Å². The van der Waals surface area contributed by atoms with E-state index in [-0.39, 0.29) is 5.92 Å². The fourth-order valence-corrected chi connectivity index (χ4v) is 1.25. The van der Waals surface area contributed by atoms with Crippen molar-refractivity contribution < 1.29 is 14.3 Å². The van der Waals surface area contributed by atoms with Gasteiger partial charge in [0.15, 0.2) is 0 Å². The van der Waals surface area contributed by atoms with E-state index in [1.807, 2.05) is 6.08 Å². The number of fused-ring (bicyclic) bond motifs is 1. The number of hydrogen-bond donors (Lipinski definition) is 0. The summed E-state index contributed by atoms with van der Waals surface area (Å²) in [4.78, 5) is 21.7. The van der Waals surface area contributed by atoms with Crippen LogP contribution in [0.5, 0.6) is 0 Å². The third-order valence-electron chi connectivity index (χ3n) is 1.84. The first-order valence-electron chi connectivity index (χ1n) is 3.42. The highest BCUT2D eigenvalue weighted by molar-refractivity contribution is 6.37. The van der Waals surface area contributed by atoms with Crippen molar-refractivity contribution in [3.05, 3.63) is 24.0 Å². The van der Waals surface area contributed by atoms with Gasteiger partial charge in [-0.2, -0.15) is 0 Å². The van der Waals surface area contributed by atoms with E-state index in [1.54, 1.807) is 12.2 Å². The third-order valence-corrected chi connectivity index (χ3v) is 1.84. The molecule has 2 rings (SSSR count). The Morgan fingerprint density at radius 2 is 2.27 bits per heavy atom. The van der Waals surface area contributed by atoms with Crippen LogP contribution < -0.4 is 0 Å². The monoisotopic (exact) mass is 150 g/mol. The van der Waals surface area contributed by atoms with Gasteiger partial charge in [0.05, 0.1) is 5.92 Å². The molecule has 1 fully saturated rings. The molecule has 1 saturated heterocycles. The molecule has 1 aliphatic carbocycles. The third kappa shape index (κ3) is 0.808. The second-order valence-corrected chi connectivity index (χ2v) is 2.54. The summed E-state index contributed by atoms with van der Waals surface area (Å²) >= 11 is 0. The molecule has 3 nitrogen and oxygen atoms in total. The molecule has 56 valence electrons. The number of Topliss-reactive ketones (excluding diaryl/α,β-unsaturated/α-hetero) is 1. The molecule has 0 aromatic heterocycles. The van der Waals surface area contributed by atoms with Gasteiger partial charge in [-0.05, 0) is 12.5 Å². The van der Waals surface area contributed by atoms with Crippen molar-refractivity contribution in [3.8, 4) is 0 Å². The highest BCUT2D eigenvalue weighted by atomic mass is 16.6. The maximum absolute atomic E-state index is 11.0. The van der Waals surface area contributed by atoms with Crippen molar-refractivity contribution in [2.45, 2.75) is 6.42 Å². The summed E-state index contributed by atoms with van der Waals surface area (Å²) in [5, 5.41) is 0. The molecule has 1 aliphatic heterocycles. The molecule has 3 heteroatoms. The van der Waals surface area contributed by atoms with E-state index < -0.39 is 11.8 Å². The number of ketones is 1. The number of carbonyl (C=O) groups excluding carboxylic acids is 2. The van der Waals surface area contributed by atoms with Gasteiger partial charge in [-0.15, -0.1) is 0 Å². The minimum absolute atomic E-state index is 0.326. The van der Waals surface area contributed by atoms with Crippen LogP contribution in [0.15, 0.2) is 24.0 Å². The zero-order valence-electron chi connectivity index (χ0n) is 5.74. The van der Waals surface area contributed by atoms with Gasteiger partial charge in [-0.3, -0.25) is 4.79 Å². The van der Waals surface area contributed by atoms with Crippen molar-refractivity contribution in [2.24, 2.45) is 5.92 Å². The van der Waals surface area contributed by atoms with E-state index >= 15 is 0 Å². The predicted octanol–water partition coefficient (Wildman–Crippen LogP) is 0.572. The van der Waals surface area contributed by atoms with E-state index in [0.717, 1.165) is 0 Å². The predicted molar refractivity (Wildman–Crippen MR) is 36.4 cm³/mol. The lowest BCUT2D eigenvalue weighted by atomic mass is 9.97. The first kappa shape index (κ1) is 6.34. The molecule has 1 atom stereocenters. The van der Waals surface area contributed by atoms with Crippen molar-refractivity contribution in [2.75, 3.05) is 0 Å². The maximum atomic E-state index is 11.0. The fourth-order valence-electron chi connectivity index (χ4n) is 1.25. The number of esters is 1. The van der Waals surface area contributed by atoms with E-state index in [9.17, 15) is 9.59 Å². The highest BCUT2D eigenvalue weighted by Gasteiger charge is 2.39. The van der Waals surface area contributed by atoms with Gasteiger partial charge in [0.1, 0.15) is 5.76 Å². The number of rotatable bonds is 0. The van der Waals surface area contributed by atoms with E-state index in [4.69, 9.17) is 4.74 Å². The summed E-state index contributed by atoms with van der Waals surface area (Å²) in [6.07, 6.45) is 5.90. The van der Waals surface area contributed by atoms with Crippen LogP contribution >= 0.6 is 0 Å². The average molecular weight is 150 g/mol. The maximum Gasteiger partial charge on any atom is 0.380 e. The van der Waals surface area contributed by atoms with Crippen molar-refractivity contribution in [3.63, 3.8) is 0 Å². The molecular formula is C8H6O3. The van der Waals surface area contributed by atoms with Gasteiger partial charge in [0, 0.05) is 0 Å². The Kier molecular flexibility index (Phi) is 1.18. The smallest absolute Gasteiger partial charge is 0.380 e. The molecule has 0 aromatic carbocycles. The lowest BCUT2D eigenvalue weighted by Gasteiger charge is -2.05. The zero-order chi connectivity index (χ0) is 7.84. The highest BCUT2D eigenvalue weighted by Crippen LogP contribution is 2.28. The Balaban J connectivity index is 2.37. The summed E-state index contributed by atoms with van der Waals surface area (Å²) in [6, 6.07) is 0. The fraction of sp³-hybridized carbons (Fsp3) is 0.250. The topological polar surface area (TPSA) is 43.4 Å². The van der Waals surface area contributed by atoms with Gasteiger partial charge in [-0.1, -0.05) is 12.2 Å². The summed E-state index contributed by atoms with van der Waals surface area (Å²) in [5.74, 6) is -0.958. The molecule has 0 radical (unpaired) electrons. The molecule has 2 aliphatic rings. The number of carbonyl (C=O) groups is 2. The largest absolute Gasteiger partial charge is 0.425 e.